The van der Waals surface area contributed by atoms with Gasteiger partial charge >= 0.3 is 0 Å². The predicted octanol–water partition coefficient (Wildman–Crippen LogP) is 3.63. The standard InChI is InChI=1S/C5H8O.C4H10.C2H6/c1-2-4-5(3-1)6-4;1-4(2)3;1-2/h4-5H,1-3H2;4H,1-3H3;1-2H3. The van der Waals surface area contributed by atoms with Crippen LogP contribution in [-0.2, 0) is 4.74 Å². The van der Waals surface area contributed by atoms with Crippen molar-refractivity contribution in [3.63, 3.8) is 0 Å². The van der Waals surface area contributed by atoms with E-state index in [1.807, 2.05) is 13.8 Å². The summed E-state index contributed by atoms with van der Waals surface area (Å²) in [5.41, 5.74) is 0. The molecule has 12 heavy (non-hydrogen) atoms. The summed E-state index contributed by atoms with van der Waals surface area (Å²) in [6.45, 7) is 10.5. The molecule has 0 aromatic carbocycles. The smallest absolute Gasteiger partial charge is 0.0841 e. The van der Waals surface area contributed by atoms with Gasteiger partial charge in [-0.3, -0.25) is 0 Å². The minimum atomic E-state index is 0.713. The highest BCUT2D eigenvalue weighted by molar-refractivity contribution is 4.90. The molecule has 2 aliphatic rings. The molecule has 1 aliphatic carbocycles. The van der Waals surface area contributed by atoms with Crippen LogP contribution in [0.15, 0.2) is 0 Å². The number of hydrogen-bond donors (Lipinski definition) is 0. The molecule has 1 saturated carbocycles. The third-order valence-corrected chi connectivity index (χ3v) is 1.66. The largest absolute Gasteiger partial charge is 0.370 e. The first-order valence-electron chi connectivity index (χ1n) is 5.35. The Kier molecular flexibility index (Phi) is 6.45. The Morgan fingerprint density at radius 3 is 1.42 bits per heavy atom. The molecule has 0 N–H and O–H groups in total. The Labute approximate surface area is 77.5 Å². The van der Waals surface area contributed by atoms with E-state index in [-0.39, 0.29) is 0 Å². The molecule has 2 unspecified atom stereocenters. The Morgan fingerprint density at radius 2 is 1.33 bits per heavy atom. The van der Waals surface area contributed by atoms with E-state index in [2.05, 4.69) is 20.8 Å². The van der Waals surface area contributed by atoms with Crippen LogP contribution in [0.4, 0.5) is 0 Å². The third-order valence-electron chi connectivity index (χ3n) is 1.66. The molecule has 1 nitrogen and oxygen atoms in total. The summed E-state index contributed by atoms with van der Waals surface area (Å²) in [7, 11) is 0. The lowest BCUT2D eigenvalue weighted by molar-refractivity contribution is 0.322. The van der Waals surface area contributed by atoms with E-state index < -0.39 is 0 Å². The maximum Gasteiger partial charge on any atom is 0.0841 e. The van der Waals surface area contributed by atoms with Crippen LogP contribution < -0.4 is 0 Å². The van der Waals surface area contributed by atoms with Gasteiger partial charge in [0.15, 0.2) is 0 Å². The molecule has 0 aromatic rings. The summed E-state index contributed by atoms with van der Waals surface area (Å²) in [4.78, 5) is 0. The minimum Gasteiger partial charge on any atom is -0.370 e. The van der Waals surface area contributed by atoms with E-state index in [0.717, 1.165) is 5.92 Å². The summed E-state index contributed by atoms with van der Waals surface area (Å²) in [5.74, 6) is 0.833. The number of rotatable bonds is 0. The van der Waals surface area contributed by atoms with Crippen LogP contribution in [-0.4, -0.2) is 12.2 Å². The van der Waals surface area contributed by atoms with Gasteiger partial charge in [0.05, 0.1) is 12.2 Å². The van der Waals surface area contributed by atoms with Crippen LogP contribution in [0.5, 0.6) is 0 Å². The van der Waals surface area contributed by atoms with Crippen molar-refractivity contribution in [2.24, 2.45) is 5.92 Å². The summed E-state index contributed by atoms with van der Waals surface area (Å²) in [6.07, 6.45) is 5.51. The Hall–Kier alpha value is -0.0400. The van der Waals surface area contributed by atoms with Gasteiger partial charge in [0.1, 0.15) is 0 Å². The Balaban J connectivity index is 0.000000181. The first kappa shape index (κ1) is 12.0. The average molecular weight is 172 g/mol. The van der Waals surface area contributed by atoms with Crippen LogP contribution in [0.25, 0.3) is 0 Å². The van der Waals surface area contributed by atoms with Crippen molar-refractivity contribution in [3.05, 3.63) is 0 Å². The van der Waals surface area contributed by atoms with Crippen molar-refractivity contribution in [3.8, 4) is 0 Å². The van der Waals surface area contributed by atoms with Crippen molar-refractivity contribution in [1.29, 1.82) is 0 Å². The van der Waals surface area contributed by atoms with Crippen molar-refractivity contribution >= 4 is 0 Å². The molecule has 0 bridgehead atoms. The zero-order valence-electron chi connectivity index (χ0n) is 9.26. The highest BCUT2D eigenvalue weighted by Gasteiger charge is 2.42. The van der Waals surface area contributed by atoms with E-state index in [0.29, 0.717) is 12.2 Å². The molecule has 2 atom stereocenters. The van der Waals surface area contributed by atoms with E-state index >= 15 is 0 Å². The lowest BCUT2D eigenvalue weighted by atomic mass is 10.3. The van der Waals surface area contributed by atoms with Crippen LogP contribution >= 0.6 is 0 Å². The molecule has 74 valence electrons. The van der Waals surface area contributed by atoms with Gasteiger partial charge in [0.2, 0.25) is 0 Å². The fourth-order valence-corrected chi connectivity index (χ4v) is 1.21. The van der Waals surface area contributed by atoms with E-state index in [1.54, 1.807) is 0 Å². The van der Waals surface area contributed by atoms with Gasteiger partial charge in [-0.25, -0.2) is 0 Å². The van der Waals surface area contributed by atoms with E-state index in [9.17, 15) is 0 Å². The van der Waals surface area contributed by atoms with Gasteiger partial charge in [-0.15, -0.1) is 0 Å². The lowest BCUT2D eigenvalue weighted by Gasteiger charge is -1.81. The van der Waals surface area contributed by atoms with Gasteiger partial charge in [-0.1, -0.05) is 34.6 Å². The van der Waals surface area contributed by atoms with Gasteiger partial charge in [-0.2, -0.15) is 0 Å². The van der Waals surface area contributed by atoms with Crippen molar-refractivity contribution < 1.29 is 4.74 Å². The minimum absolute atomic E-state index is 0.713. The molecule has 1 aliphatic heterocycles. The normalized spacial score (nSPS) is 29.5. The highest BCUT2D eigenvalue weighted by Crippen LogP contribution is 2.37. The summed E-state index contributed by atoms with van der Waals surface area (Å²) in [6, 6.07) is 0. The van der Waals surface area contributed by atoms with Gasteiger partial charge in [-0.05, 0) is 25.2 Å². The molecule has 0 spiro atoms. The second-order valence-electron chi connectivity index (χ2n) is 3.88. The van der Waals surface area contributed by atoms with Crippen LogP contribution in [0, 0.1) is 5.92 Å². The summed E-state index contributed by atoms with van der Waals surface area (Å²) >= 11 is 0. The van der Waals surface area contributed by atoms with Crippen LogP contribution in [0.3, 0.4) is 0 Å². The molecule has 0 radical (unpaired) electrons. The second kappa shape index (κ2) is 6.47. The highest BCUT2D eigenvalue weighted by atomic mass is 16.6. The maximum absolute atomic E-state index is 5.15. The van der Waals surface area contributed by atoms with Crippen molar-refractivity contribution in [2.75, 3.05) is 0 Å². The van der Waals surface area contributed by atoms with Crippen molar-refractivity contribution in [2.45, 2.75) is 66.1 Å². The average Bonchev–Trinajstić information content (AvgIpc) is 2.62. The zero-order chi connectivity index (χ0) is 9.56. The molecule has 2 rings (SSSR count). The second-order valence-corrected chi connectivity index (χ2v) is 3.88. The van der Waals surface area contributed by atoms with Gasteiger partial charge < -0.3 is 4.74 Å². The molecule has 1 heteroatoms. The predicted molar refractivity (Wildman–Crippen MR) is 54.4 cm³/mol. The fourth-order valence-electron chi connectivity index (χ4n) is 1.21. The summed E-state index contributed by atoms with van der Waals surface area (Å²) in [5, 5.41) is 0. The molecule has 0 amide bonds. The van der Waals surface area contributed by atoms with Gasteiger partial charge in [0, 0.05) is 0 Å². The lowest BCUT2D eigenvalue weighted by Crippen LogP contribution is -1.74. The van der Waals surface area contributed by atoms with Crippen LogP contribution in [0.2, 0.25) is 0 Å². The molecule has 0 aromatic heterocycles. The Bertz CT molecular complexity index is 88.4. The fraction of sp³-hybridized carbons (Fsp3) is 1.00. The Morgan fingerprint density at radius 1 is 1.00 bits per heavy atom. The number of epoxide rings is 1. The number of hydrogen-bond acceptors (Lipinski definition) is 1. The van der Waals surface area contributed by atoms with Crippen molar-refractivity contribution in [1.82, 2.24) is 0 Å². The molecule has 1 saturated heterocycles. The third kappa shape index (κ3) is 5.59. The topological polar surface area (TPSA) is 12.5 Å². The van der Waals surface area contributed by atoms with E-state index in [4.69, 9.17) is 4.74 Å². The maximum atomic E-state index is 5.15. The van der Waals surface area contributed by atoms with Gasteiger partial charge in [0.25, 0.3) is 0 Å². The van der Waals surface area contributed by atoms with E-state index in [1.165, 1.54) is 19.3 Å². The summed E-state index contributed by atoms with van der Waals surface area (Å²) < 4.78 is 5.15. The first-order chi connectivity index (χ1) is 5.70. The monoisotopic (exact) mass is 172 g/mol. The molecular weight excluding hydrogens is 148 g/mol. The first-order valence-corrected chi connectivity index (χ1v) is 5.35. The zero-order valence-corrected chi connectivity index (χ0v) is 9.26. The van der Waals surface area contributed by atoms with Crippen LogP contribution in [0.1, 0.15) is 53.9 Å². The quantitative estimate of drug-likeness (QED) is 0.508. The number of fused-ring (bicyclic) bond motifs is 1. The molecule has 1 heterocycles. The SMILES string of the molecule is C1CC2OC2C1.CC.CC(C)C. The molecular formula is C11H24O. The number of ether oxygens (including phenoxy) is 1. The molecule has 2 fully saturated rings.